The Labute approximate surface area is 149 Å². The highest BCUT2D eigenvalue weighted by molar-refractivity contribution is 7.13. The van der Waals surface area contributed by atoms with Crippen molar-refractivity contribution in [2.45, 2.75) is 34.1 Å². The Bertz CT molecular complexity index is 569. The summed E-state index contributed by atoms with van der Waals surface area (Å²) in [6.07, 6.45) is 1.16. The summed E-state index contributed by atoms with van der Waals surface area (Å²) in [5.41, 5.74) is 0.345. The average molecular weight is 352 g/mol. The fourth-order valence-corrected chi connectivity index (χ4v) is 3.41. The molecule has 1 aliphatic heterocycles. The van der Waals surface area contributed by atoms with Crippen LogP contribution in [0.3, 0.4) is 0 Å². The van der Waals surface area contributed by atoms with E-state index < -0.39 is 0 Å². The predicted octanol–water partition coefficient (Wildman–Crippen LogP) is 2.37. The molecule has 1 N–H and O–H groups in total. The predicted molar refractivity (Wildman–Crippen MR) is 98.5 cm³/mol. The molecule has 0 atom stereocenters. The van der Waals surface area contributed by atoms with Gasteiger partial charge in [-0.2, -0.15) is 0 Å². The first-order valence-electron chi connectivity index (χ1n) is 8.59. The normalized spacial score (nSPS) is 16.2. The van der Waals surface area contributed by atoms with Crippen molar-refractivity contribution in [3.8, 4) is 0 Å². The minimum absolute atomic E-state index is 0.00657. The van der Waals surface area contributed by atoms with Gasteiger partial charge < -0.3 is 10.2 Å². The first-order valence-corrected chi connectivity index (χ1v) is 9.41. The molecule has 0 radical (unpaired) electrons. The van der Waals surface area contributed by atoms with Gasteiger partial charge in [-0.05, 0) is 37.4 Å². The number of nitrogens with zero attached hydrogens (tertiary/aromatic N) is 2. The fourth-order valence-electron chi connectivity index (χ4n) is 2.63. The third-order valence-electron chi connectivity index (χ3n) is 4.27. The van der Waals surface area contributed by atoms with Crippen molar-refractivity contribution >= 4 is 23.2 Å². The maximum atomic E-state index is 12.3. The zero-order chi connectivity index (χ0) is 17.7. The summed E-state index contributed by atoms with van der Waals surface area (Å²) in [7, 11) is 0. The molecular formula is C18H29N3O2S. The smallest absolute Gasteiger partial charge is 0.261 e. The molecule has 0 aliphatic carbocycles. The van der Waals surface area contributed by atoms with E-state index in [9.17, 15) is 9.59 Å². The molecule has 24 heavy (non-hydrogen) atoms. The second-order valence-corrected chi connectivity index (χ2v) is 8.91. The number of carbonyl (C=O) groups is 2. The Hall–Kier alpha value is -1.40. The lowest BCUT2D eigenvalue weighted by molar-refractivity contribution is -0.131. The summed E-state index contributed by atoms with van der Waals surface area (Å²) >= 11 is 1.45. The molecule has 2 heterocycles. The van der Waals surface area contributed by atoms with Crippen LogP contribution in [0.1, 0.15) is 41.7 Å². The molecule has 1 aromatic rings. The van der Waals surface area contributed by atoms with Gasteiger partial charge >= 0.3 is 0 Å². The topological polar surface area (TPSA) is 52.7 Å². The van der Waals surface area contributed by atoms with Crippen molar-refractivity contribution in [1.82, 2.24) is 15.1 Å². The van der Waals surface area contributed by atoms with E-state index in [1.807, 2.05) is 17.9 Å². The molecule has 0 aromatic carbocycles. The minimum Gasteiger partial charge on any atom is -0.342 e. The first kappa shape index (κ1) is 18.9. The minimum atomic E-state index is -0.162. The number of carbonyl (C=O) groups excluding carboxylic acids is 2. The molecule has 1 aromatic heterocycles. The molecule has 0 saturated carbocycles. The Kier molecular flexibility index (Phi) is 6.40. The molecule has 0 bridgehead atoms. The number of hydrogen-bond acceptors (Lipinski definition) is 4. The van der Waals surface area contributed by atoms with E-state index in [2.05, 4.69) is 31.0 Å². The molecular weight excluding hydrogens is 322 g/mol. The van der Waals surface area contributed by atoms with Gasteiger partial charge in [0.25, 0.3) is 5.91 Å². The lowest BCUT2D eigenvalue weighted by atomic mass is 9.92. The molecule has 5 nitrogen and oxygen atoms in total. The molecule has 2 rings (SSSR count). The van der Waals surface area contributed by atoms with Gasteiger partial charge in [0.15, 0.2) is 0 Å². The van der Waals surface area contributed by atoms with Crippen molar-refractivity contribution in [1.29, 1.82) is 0 Å². The third-order valence-corrected chi connectivity index (χ3v) is 5.27. The van der Waals surface area contributed by atoms with Gasteiger partial charge in [-0.1, -0.05) is 20.8 Å². The number of piperazine rings is 1. The van der Waals surface area contributed by atoms with E-state index in [-0.39, 0.29) is 18.4 Å². The lowest BCUT2D eigenvalue weighted by Crippen LogP contribution is -2.51. The highest BCUT2D eigenvalue weighted by Gasteiger charge is 2.22. The highest BCUT2D eigenvalue weighted by atomic mass is 32.1. The van der Waals surface area contributed by atoms with Crippen LogP contribution in [0.4, 0.5) is 0 Å². The molecule has 0 spiro atoms. The van der Waals surface area contributed by atoms with Crippen LogP contribution in [0.2, 0.25) is 0 Å². The zero-order valence-corrected chi connectivity index (χ0v) is 16.0. The van der Waals surface area contributed by atoms with Crippen LogP contribution in [-0.4, -0.2) is 60.9 Å². The summed E-state index contributed by atoms with van der Waals surface area (Å²) in [4.78, 5) is 30.3. The summed E-state index contributed by atoms with van der Waals surface area (Å²) in [5.74, 6) is -0.155. The van der Waals surface area contributed by atoms with Gasteiger partial charge in [0.1, 0.15) is 0 Å². The second-order valence-electron chi connectivity index (χ2n) is 7.63. The van der Waals surface area contributed by atoms with E-state index in [1.54, 1.807) is 6.07 Å². The number of rotatable bonds is 5. The Morgan fingerprint density at radius 1 is 1.17 bits per heavy atom. The Balaban J connectivity index is 1.70. The van der Waals surface area contributed by atoms with Gasteiger partial charge in [-0.15, -0.1) is 11.3 Å². The van der Waals surface area contributed by atoms with Gasteiger partial charge in [0.05, 0.1) is 11.4 Å². The van der Waals surface area contributed by atoms with E-state index in [4.69, 9.17) is 0 Å². The van der Waals surface area contributed by atoms with Crippen LogP contribution in [0.5, 0.6) is 0 Å². The molecule has 134 valence electrons. The fraction of sp³-hybridized carbons (Fsp3) is 0.667. The van der Waals surface area contributed by atoms with Crippen molar-refractivity contribution in [2.24, 2.45) is 5.41 Å². The van der Waals surface area contributed by atoms with Crippen molar-refractivity contribution in [2.75, 3.05) is 39.3 Å². The van der Waals surface area contributed by atoms with E-state index >= 15 is 0 Å². The molecule has 1 saturated heterocycles. The molecule has 6 heteroatoms. The molecule has 1 fully saturated rings. The number of nitrogens with one attached hydrogen (secondary N) is 1. The summed E-state index contributed by atoms with van der Waals surface area (Å²) in [6, 6.07) is 3.71. The summed E-state index contributed by atoms with van der Waals surface area (Å²) < 4.78 is 0. The number of hydrogen-bond donors (Lipinski definition) is 1. The lowest BCUT2D eigenvalue weighted by Gasteiger charge is -2.36. The Morgan fingerprint density at radius 3 is 2.38 bits per heavy atom. The SMILES string of the molecule is Cc1ccc(C(=O)NCC(=O)N2CCN(CCC(C)(C)C)CC2)s1. The molecule has 1 aliphatic rings. The van der Waals surface area contributed by atoms with Crippen molar-refractivity contribution in [3.05, 3.63) is 21.9 Å². The maximum Gasteiger partial charge on any atom is 0.261 e. The maximum absolute atomic E-state index is 12.3. The van der Waals surface area contributed by atoms with E-state index in [0.717, 1.165) is 44.0 Å². The van der Waals surface area contributed by atoms with Crippen LogP contribution >= 0.6 is 11.3 Å². The van der Waals surface area contributed by atoms with Crippen molar-refractivity contribution in [3.63, 3.8) is 0 Å². The summed E-state index contributed by atoms with van der Waals surface area (Å²) in [5, 5.41) is 2.73. The highest BCUT2D eigenvalue weighted by Crippen LogP contribution is 2.19. The van der Waals surface area contributed by atoms with Crippen LogP contribution in [0.15, 0.2) is 12.1 Å². The monoisotopic (exact) mass is 351 g/mol. The van der Waals surface area contributed by atoms with Crippen LogP contribution in [0, 0.1) is 12.3 Å². The summed E-state index contributed by atoms with van der Waals surface area (Å²) in [6.45, 7) is 13.2. The van der Waals surface area contributed by atoms with Crippen LogP contribution in [0.25, 0.3) is 0 Å². The number of amides is 2. The number of thiophene rings is 1. The van der Waals surface area contributed by atoms with E-state index in [1.165, 1.54) is 11.3 Å². The number of aryl methyl sites for hydroxylation is 1. The Morgan fingerprint density at radius 2 is 1.83 bits per heavy atom. The quantitative estimate of drug-likeness (QED) is 0.886. The zero-order valence-electron chi connectivity index (χ0n) is 15.2. The third kappa shape index (κ3) is 5.91. The largest absolute Gasteiger partial charge is 0.342 e. The standard InChI is InChI=1S/C18H29N3O2S/c1-14-5-6-15(24-14)17(23)19-13-16(22)21-11-9-20(10-12-21)8-7-18(2,3)4/h5-6H,7-13H2,1-4H3,(H,19,23). The van der Waals surface area contributed by atoms with Gasteiger partial charge in [-0.3, -0.25) is 14.5 Å². The van der Waals surface area contributed by atoms with Crippen LogP contribution < -0.4 is 5.32 Å². The second kappa shape index (κ2) is 8.12. The van der Waals surface area contributed by atoms with Crippen LogP contribution in [-0.2, 0) is 4.79 Å². The van der Waals surface area contributed by atoms with E-state index in [0.29, 0.717) is 10.3 Å². The van der Waals surface area contributed by atoms with Gasteiger partial charge in [0.2, 0.25) is 5.91 Å². The van der Waals surface area contributed by atoms with Gasteiger partial charge in [-0.25, -0.2) is 0 Å². The van der Waals surface area contributed by atoms with Gasteiger partial charge in [0, 0.05) is 31.1 Å². The molecule has 2 amide bonds. The average Bonchev–Trinajstić information content (AvgIpc) is 2.96. The van der Waals surface area contributed by atoms with Crippen molar-refractivity contribution < 1.29 is 9.59 Å². The first-order chi connectivity index (χ1) is 11.2. The molecule has 0 unspecified atom stereocenters.